The van der Waals surface area contributed by atoms with E-state index in [1.165, 1.54) is 6.07 Å². The summed E-state index contributed by atoms with van der Waals surface area (Å²) in [6.45, 7) is 1.97. The van der Waals surface area contributed by atoms with E-state index in [1.54, 1.807) is 13.0 Å². The summed E-state index contributed by atoms with van der Waals surface area (Å²) in [7, 11) is 0. The Bertz CT molecular complexity index is 329. The summed E-state index contributed by atoms with van der Waals surface area (Å²) in [6, 6.07) is 3.19. The second-order valence-corrected chi connectivity index (χ2v) is 3.11. The quantitative estimate of drug-likeness (QED) is 0.587. The van der Waals surface area contributed by atoms with E-state index in [0.29, 0.717) is 12.1 Å². The van der Waals surface area contributed by atoms with Gasteiger partial charge in [-0.2, -0.15) is 0 Å². The largest absolute Gasteiger partial charge is 0.326 e. The molecule has 0 saturated heterocycles. The van der Waals surface area contributed by atoms with Crippen molar-refractivity contribution in [2.75, 3.05) is 0 Å². The molecule has 0 aliphatic carbocycles. The van der Waals surface area contributed by atoms with Crippen LogP contribution in [0.5, 0.6) is 0 Å². The average molecular weight is 201 g/mol. The number of aryl methyl sites for hydroxylation is 1. The minimum atomic E-state index is -0.488. The first kappa shape index (κ1) is 9.95. The topological polar surface area (TPSA) is 69.2 Å². The molecule has 0 aromatic heterocycles. The van der Waals surface area contributed by atoms with Crippen molar-refractivity contribution in [1.82, 2.24) is 0 Å². The van der Waals surface area contributed by atoms with Gasteiger partial charge < -0.3 is 5.73 Å². The fraction of sp³-hybridized carbons (Fsp3) is 0.250. The van der Waals surface area contributed by atoms with Gasteiger partial charge in [-0.05, 0) is 24.6 Å². The zero-order valence-corrected chi connectivity index (χ0v) is 7.84. The van der Waals surface area contributed by atoms with Crippen LogP contribution in [-0.2, 0) is 6.54 Å². The normalized spacial score (nSPS) is 10.1. The predicted octanol–water partition coefficient (Wildman–Crippen LogP) is 2.02. The zero-order valence-electron chi connectivity index (χ0n) is 7.08. The van der Waals surface area contributed by atoms with E-state index in [-0.39, 0.29) is 10.7 Å². The molecule has 0 radical (unpaired) electrons. The molecule has 1 aromatic rings. The third-order valence-corrected chi connectivity index (χ3v) is 2.02. The van der Waals surface area contributed by atoms with Gasteiger partial charge in [0.15, 0.2) is 0 Å². The Balaban J connectivity index is 3.31. The minimum Gasteiger partial charge on any atom is -0.326 e. The van der Waals surface area contributed by atoms with Crippen LogP contribution >= 0.6 is 11.6 Å². The molecule has 0 spiro atoms. The van der Waals surface area contributed by atoms with Crippen LogP contribution in [0.25, 0.3) is 0 Å². The van der Waals surface area contributed by atoms with Gasteiger partial charge in [-0.3, -0.25) is 10.1 Å². The van der Waals surface area contributed by atoms with Gasteiger partial charge in [0.25, 0.3) is 5.69 Å². The Morgan fingerprint density at radius 1 is 1.62 bits per heavy atom. The summed E-state index contributed by atoms with van der Waals surface area (Å²) >= 11 is 5.71. The Hall–Kier alpha value is -1.13. The number of benzene rings is 1. The van der Waals surface area contributed by atoms with E-state index in [0.717, 1.165) is 5.56 Å². The predicted molar refractivity (Wildman–Crippen MR) is 50.7 cm³/mol. The summed E-state index contributed by atoms with van der Waals surface area (Å²) in [4.78, 5) is 10.0. The SMILES string of the molecule is Cc1cc(CN)cc(Cl)c1[N+](=O)[O-]. The average Bonchev–Trinajstić information content (AvgIpc) is 2.02. The lowest BCUT2D eigenvalue weighted by Crippen LogP contribution is -1.99. The number of nitrogens with two attached hydrogens (primary N) is 1. The number of hydrogen-bond donors (Lipinski definition) is 1. The summed E-state index contributed by atoms with van der Waals surface area (Å²) in [6.07, 6.45) is 0. The van der Waals surface area contributed by atoms with Crippen molar-refractivity contribution in [2.45, 2.75) is 13.5 Å². The van der Waals surface area contributed by atoms with Crippen LogP contribution in [0.4, 0.5) is 5.69 Å². The lowest BCUT2D eigenvalue weighted by atomic mass is 10.1. The maximum atomic E-state index is 10.5. The van der Waals surface area contributed by atoms with Crippen molar-refractivity contribution in [2.24, 2.45) is 5.73 Å². The van der Waals surface area contributed by atoms with Crippen molar-refractivity contribution >= 4 is 17.3 Å². The summed E-state index contributed by atoms with van der Waals surface area (Å²) in [5.41, 5.74) is 6.68. The van der Waals surface area contributed by atoms with Crippen LogP contribution in [0.1, 0.15) is 11.1 Å². The molecule has 0 saturated carbocycles. The molecule has 0 atom stereocenters. The third kappa shape index (κ3) is 1.96. The van der Waals surface area contributed by atoms with Crippen molar-refractivity contribution in [3.05, 3.63) is 38.4 Å². The van der Waals surface area contributed by atoms with Gasteiger partial charge in [0.05, 0.1) is 4.92 Å². The monoisotopic (exact) mass is 200 g/mol. The molecule has 2 N–H and O–H groups in total. The number of hydrogen-bond acceptors (Lipinski definition) is 3. The van der Waals surface area contributed by atoms with E-state index in [4.69, 9.17) is 17.3 Å². The first-order valence-electron chi connectivity index (χ1n) is 3.69. The maximum Gasteiger partial charge on any atom is 0.290 e. The van der Waals surface area contributed by atoms with Crippen molar-refractivity contribution in [3.8, 4) is 0 Å². The Labute approximate surface area is 80.5 Å². The van der Waals surface area contributed by atoms with E-state index in [1.807, 2.05) is 0 Å². The molecule has 70 valence electrons. The molecule has 5 heteroatoms. The molecule has 0 bridgehead atoms. The lowest BCUT2D eigenvalue weighted by Gasteiger charge is -2.02. The number of rotatable bonds is 2. The van der Waals surface area contributed by atoms with Gasteiger partial charge in [0.2, 0.25) is 0 Å². The van der Waals surface area contributed by atoms with E-state index < -0.39 is 4.92 Å². The van der Waals surface area contributed by atoms with Crippen LogP contribution in [0.2, 0.25) is 5.02 Å². The Morgan fingerprint density at radius 3 is 2.62 bits per heavy atom. The number of halogens is 1. The third-order valence-electron chi connectivity index (χ3n) is 1.73. The number of nitro groups is 1. The van der Waals surface area contributed by atoms with Gasteiger partial charge in [-0.15, -0.1) is 0 Å². The molecule has 13 heavy (non-hydrogen) atoms. The zero-order chi connectivity index (χ0) is 10.0. The summed E-state index contributed by atoms with van der Waals surface area (Å²) in [5, 5.41) is 10.7. The van der Waals surface area contributed by atoms with Crippen LogP contribution in [-0.4, -0.2) is 4.92 Å². The molecular weight excluding hydrogens is 192 g/mol. The fourth-order valence-electron chi connectivity index (χ4n) is 1.16. The number of nitrogens with zero attached hydrogens (tertiary/aromatic N) is 1. The summed E-state index contributed by atoms with van der Waals surface area (Å²) in [5.74, 6) is 0. The standard InChI is InChI=1S/C8H9ClN2O2/c1-5-2-6(4-10)3-7(9)8(5)11(12)13/h2-3H,4,10H2,1H3. The van der Waals surface area contributed by atoms with Crippen LogP contribution in [0.3, 0.4) is 0 Å². The molecule has 0 aliphatic rings. The van der Waals surface area contributed by atoms with E-state index >= 15 is 0 Å². The molecule has 4 nitrogen and oxygen atoms in total. The van der Waals surface area contributed by atoms with Gasteiger partial charge in [0.1, 0.15) is 5.02 Å². The van der Waals surface area contributed by atoms with Crippen LogP contribution in [0, 0.1) is 17.0 Å². The molecule has 0 fully saturated rings. The van der Waals surface area contributed by atoms with E-state index in [9.17, 15) is 10.1 Å². The highest BCUT2D eigenvalue weighted by atomic mass is 35.5. The maximum absolute atomic E-state index is 10.5. The van der Waals surface area contributed by atoms with Crippen molar-refractivity contribution in [1.29, 1.82) is 0 Å². The molecule has 1 aromatic carbocycles. The van der Waals surface area contributed by atoms with Gasteiger partial charge in [0, 0.05) is 12.1 Å². The van der Waals surface area contributed by atoms with Gasteiger partial charge >= 0.3 is 0 Å². The molecule has 0 heterocycles. The van der Waals surface area contributed by atoms with Gasteiger partial charge in [-0.1, -0.05) is 11.6 Å². The smallest absolute Gasteiger partial charge is 0.290 e. The highest BCUT2D eigenvalue weighted by molar-refractivity contribution is 6.32. The first-order valence-corrected chi connectivity index (χ1v) is 4.07. The van der Waals surface area contributed by atoms with Crippen LogP contribution < -0.4 is 5.73 Å². The molecule has 1 rings (SSSR count). The Morgan fingerprint density at radius 2 is 2.23 bits per heavy atom. The number of nitro benzene ring substituents is 1. The molecule has 0 amide bonds. The second-order valence-electron chi connectivity index (χ2n) is 2.70. The molecular formula is C8H9ClN2O2. The van der Waals surface area contributed by atoms with Crippen LogP contribution in [0.15, 0.2) is 12.1 Å². The first-order chi connectivity index (χ1) is 6.06. The van der Waals surface area contributed by atoms with Gasteiger partial charge in [-0.25, -0.2) is 0 Å². The molecule has 0 aliphatic heterocycles. The lowest BCUT2D eigenvalue weighted by molar-refractivity contribution is -0.385. The van der Waals surface area contributed by atoms with Crippen molar-refractivity contribution in [3.63, 3.8) is 0 Å². The molecule has 0 unspecified atom stereocenters. The minimum absolute atomic E-state index is 0.0427. The highest BCUT2D eigenvalue weighted by Gasteiger charge is 2.16. The summed E-state index contributed by atoms with van der Waals surface area (Å²) < 4.78 is 0. The second kappa shape index (κ2) is 3.72. The highest BCUT2D eigenvalue weighted by Crippen LogP contribution is 2.29. The van der Waals surface area contributed by atoms with E-state index in [2.05, 4.69) is 0 Å². The Kier molecular flexibility index (Phi) is 2.85. The van der Waals surface area contributed by atoms with Crippen molar-refractivity contribution < 1.29 is 4.92 Å². The fourth-order valence-corrected chi connectivity index (χ4v) is 1.51.